The molecule has 1 amide bonds. The van der Waals surface area contributed by atoms with E-state index in [4.69, 9.17) is 9.47 Å². The van der Waals surface area contributed by atoms with E-state index in [1.54, 1.807) is 6.08 Å². The summed E-state index contributed by atoms with van der Waals surface area (Å²) in [5.74, 6) is -0.173. The zero-order valence-corrected chi connectivity index (χ0v) is 48.6. The molecule has 74 heavy (non-hydrogen) atoms. The number of carbonyl (C=O) groups is 1. The minimum absolute atomic E-state index is 0.173. The second-order valence-electron chi connectivity index (χ2n) is 22.6. The fourth-order valence-electron chi connectivity index (χ4n) is 10.4. The molecule has 7 unspecified atom stereocenters. The van der Waals surface area contributed by atoms with Crippen molar-refractivity contribution in [1.29, 1.82) is 0 Å². The van der Waals surface area contributed by atoms with Crippen molar-refractivity contribution in [1.82, 2.24) is 5.32 Å². The molecule has 9 heteroatoms. The quantitative estimate of drug-likeness (QED) is 0.0261. The van der Waals surface area contributed by atoms with Gasteiger partial charge in [-0.1, -0.05) is 294 Å². The van der Waals surface area contributed by atoms with Crippen molar-refractivity contribution in [3.05, 3.63) is 36.5 Å². The summed E-state index contributed by atoms with van der Waals surface area (Å²) in [7, 11) is 0. The van der Waals surface area contributed by atoms with Crippen LogP contribution in [0.4, 0.5) is 0 Å². The highest BCUT2D eigenvalue weighted by molar-refractivity contribution is 5.76. The number of aliphatic hydroxyl groups excluding tert-OH is 5. The molecule has 0 aliphatic carbocycles. The van der Waals surface area contributed by atoms with Gasteiger partial charge in [0.05, 0.1) is 25.4 Å². The van der Waals surface area contributed by atoms with Gasteiger partial charge in [0.25, 0.3) is 0 Å². The molecule has 1 aliphatic rings. The Kier molecular flexibility index (Phi) is 52.1. The van der Waals surface area contributed by atoms with Crippen LogP contribution in [-0.4, -0.2) is 87.5 Å². The maximum atomic E-state index is 13.1. The van der Waals surface area contributed by atoms with Crippen molar-refractivity contribution in [3.63, 3.8) is 0 Å². The molecule has 0 saturated carbocycles. The average Bonchev–Trinajstić information content (AvgIpc) is 3.40. The highest BCUT2D eigenvalue weighted by Crippen LogP contribution is 2.23. The lowest BCUT2D eigenvalue weighted by Gasteiger charge is -2.40. The van der Waals surface area contributed by atoms with E-state index in [9.17, 15) is 30.3 Å². The lowest BCUT2D eigenvalue weighted by molar-refractivity contribution is -0.302. The number of rotatable bonds is 56. The van der Waals surface area contributed by atoms with E-state index in [-0.39, 0.29) is 12.5 Å². The van der Waals surface area contributed by atoms with Crippen molar-refractivity contribution in [2.24, 2.45) is 0 Å². The fraction of sp³-hybridized carbons (Fsp3) is 0.892. The normalized spacial score (nSPS) is 19.1. The van der Waals surface area contributed by atoms with Crippen LogP contribution in [0.1, 0.15) is 316 Å². The first-order chi connectivity index (χ1) is 36.3. The molecule has 1 fully saturated rings. The molecule has 436 valence electrons. The van der Waals surface area contributed by atoms with Gasteiger partial charge in [0.15, 0.2) is 6.29 Å². The van der Waals surface area contributed by atoms with Crippen LogP contribution < -0.4 is 5.32 Å². The first-order valence-corrected chi connectivity index (χ1v) is 32.2. The Labute approximate surface area is 457 Å². The summed E-state index contributed by atoms with van der Waals surface area (Å²) in [6.07, 6.45) is 65.1. The Balaban J connectivity index is 2.18. The molecule has 1 saturated heterocycles. The van der Waals surface area contributed by atoms with E-state index in [2.05, 4.69) is 43.5 Å². The average molecular weight is 1050 g/mol. The topological polar surface area (TPSA) is 149 Å². The van der Waals surface area contributed by atoms with Gasteiger partial charge in [-0.25, -0.2) is 0 Å². The third-order valence-electron chi connectivity index (χ3n) is 15.5. The Hall–Kier alpha value is -1.59. The molecule has 6 N–H and O–H groups in total. The minimum Gasteiger partial charge on any atom is -0.394 e. The fourth-order valence-corrected chi connectivity index (χ4v) is 10.4. The van der Waals surface area contributed by atoms with Crippen molar-refractivity contribution in [3.8, 4) is 0 Å². The molecule has 0 aromatic rings. The molecular formula is C65H123NO8. The van der Waals surface area contributed by atoms with E-state index in [1.807, 2.05) is 6.08 Å². The first-order valence-electron chi connectivity index (χ1n) is 32.2. The molecular weight excluding hydrogens is 923 g/mol. The molecule has 0 aromatic carbocycles. The van der Waals surface area contributed by atoms with Gasteiger partial charge in [-0.2, -0.15) is 0 Å². The van der Waals surface area contributed by atoms with Crippen LogP contribution in [0.5, 0.6) is 0 Å². The SMILES string of the molecule is CCCCCCC/C=C\C/C=C\CCCCCCCCCCCCCCCC(=O)NC(COC1OC(CO)C(O)C(O)C1O)C(O)/C=C/CCCCCCCCCCCCCCCCCCCCCCCCCC. The van der Waals surface area contributed by atoms with E-state index < -0.39 is 49.5 Å². The minimum atomic E-state index is -1.57. The van der Waals surface area contributed by atoms with E-state index in [1.165, 1.54) is 250 Å². The standard InChI is InChI=1S/C65H123NO8/c1-3-5-7-9-11-13-15-17-19-21-23-25-27-29-31-32-34-36-38-40-42-44-46-48-50-52-54-59(68)58(57-73-65-64(72)63(71)62(70)60(56-67)74-65)66-61(69)55-53-51-49-47-45-43-41-39-37-35-33-30-28-26-24-22-20-18-16-14-12-10-8-6-4-2/h16,18,22,24,52,54,58-60,62-65,67-68,70-72H,3-15,17,19-21,23,25-51,53,55-57H2,1-2H3,(H,66,69)/b18-16-,24-22-,54-52+. The second kappa shape index (κ2) is 54.8. The van der Waals surface area contributed by atoms with Gasteiger partial charge < -0.3 is 40.3 Å². The number of aliphatic hydroxyl groups is 5. The van der Waals surface area contributed by atoms with Gasteiger partial charge in [-0.05, 0) is 51.4 Å². The Morgan fingerprint density at radius 1 is 0.459 bits per heavy atom. The lowest BCUT2D eigenvalue weighted by Crippen LogP contribution is -2.60. The first kappa shape index (κ1) is 70.4. The molecule has 0 bridgehead atoms. The molecule has 1 aliphatic heterocycles. The molecule has 7 atom stereocenters. The Bertz CT molecular complexity index is 1260. The Morgan fingerprint density at radius 2 is 0.797 bits per heavy atom. The third-order valence-corrected chi connectivity index (χ3v) is 15.5. The number of hydrogen-bond acceptors (Lipinski definition) is 8. The highest BCUT2D eigenvalue weighted by atomic mass is 16.7. The summed E-state index contributed by atoms with van der Waals surface area (Å²) in [5, 5.41) is 54.7. The van der Waals surface area contributed by atoms with Crippen molar-refractivity contribution < 1.29 is 39.8 Å². The van der Waals surface area contributed by atoms with Crippen molar-refractivity contribution >= 4 is 5.91 Å². The van der Waals surface area contributed by atoms with E-state index in [0.717, 1.165) is 44.9 Å². The predicted octanol–water partition coefficient (Wildman–Crippen LogP) is 16.7. The maximum absolute atomic E-state index is 13.1. The van der Waals surface area contributed by atoms with Gasteiger partial charge in [0, 0.05) is 6.42 Å². The van der Waals surface area contributed by atoms with Crippen LogP contribution in [0.3, 0.4) is 0 Å². The summed E-state index contributed by atoms with van der Waals surface area (Å²) in [5.41, 5.74) is 0. The molecule has 0 aromatic heterocycles. The number of ether oxygens (including phenoxy) is 2. The van der Waals surface area contributed by atoms with E-state index >= 15 is 0 Å². The van der Waals surface area contributed by atoms with Crippen LogP contribution in [0.2, 0.25) is 0 Å². The number of amides is 1. The van der Waals surface area contributed by atoms with Crippen LogP contribution in [0, 0.1) is 0 Å². The molecule has 1 heterocycles. The van der Waals surface area contributed by atoms with Gasteiger partial charge in [0.1, 0.15) is 24.4 Å². The highest BCUT2D eigenvalue weighted by Gasteiger charge is 2.44. The van der Waals surface area contributed by atoms with Gasteiger partial charge in [-0.3, -0.25) is 4.79 Å². The van der Waals surface area contributed by atoms with Crippen molar-refractivity contribution in [2.45, 2.75) is 358 Å². The molecule has 0 spiro atoms. The Morgan fingerprint density at radius 3 is 1.16 bits per heavy atom. The summed E-state index contributed by atoms with van der Waals surface area (Å²) in [6.45, 7) is 3.81. The van der Waals surface area contributed by atoms with Gasteiger partial charge in [-0.15, -0.1) is 0 Å². The lowest BCUT2D eigenvalue weighted by atomic mass is 9.99. The number of nitrogens with one attached hydrogen (secondary N) is 1. The van der Waals surface area contributed by atoms with Crippen LogP contribution >= 0.6 is 0 Å². The smallest absolute Gasteiger partial charge is 0.220 e. The van der Waals surface area contributed by atoms with Crippen LogP contribution in [-0.2, 0) is 14.3 Å². The summed E-state index contributed by atoms with van der Waals surface area (Å²) < 4.78 is 11.3. The monoisotopic (exact) mass is 1050 g/mol. The van der Waals surface area contributed by atoms with Crippen LogP contribution in [0.25, 0.3) is 0 Å². The third kappa shape index (κ3) is 43.4. The van der Waals surface area contributed by atoms with E-state index in [0.29, 0.717) is 6.42 Å². The number of carbonyl (C=O) groups excluding carboxylic acids is 1. The predicted molar refractivity (Wildman–Crippen MR) is 313 cm³/mol. The number of allylic oxidation sites excluding steroid dienone is 5. The number of unbranched alkanes of at least 4 members (excludes halogenated alkanes) is 42. The molecule has 9 nitrogen and oxygen atoms in total. The summed E-state index contributed by atoms with van der Waals surface area (Å²) >= 11 is 0. The zero-order valence-electron chi connectivity index (χ0n) is 48.6. The van der Waals surface area contributed by atoms with Crippen LogP contribution in [0.15, 0.2) is 36.5 Å². The van der Waals surface area contributed by atoms with Gasteiger partial charge in [0.2, 0.25) is 5.91 Å². The second-order valence-corrected chi connectivity index (χ2v) is 22.6. The van der Waals surface area contributed by atoms with Gasteiger partial charge >= 0.3 is 0 Å². The molecule has 0 radical (unpaired) electrons. The van der Waals surface area contributed by atoms with Crippen molar-refractivity contribution in [2.75, 3.05) is 13.2 Å². The summed E-state index contributed by atoms with van der Waals surface area (Å²) in [6, 6.07) is -0.806. The largest absolute Gasteiger partial charge is 0.394 e. The number of hydrogen-bond donors (Lipinski definition) is 6. The molecule has 1 rings (SSSR count). The summed E-state index contributed by atoms with van der Waals surface area (Å²) in [4.78, 5) is 13.1. The maximum Gasteiger partial charge on any atom is 0.220 e. The zero-order chi connectivity index (χ0) is 53.6.